The number of aromatic amines is 1. The van der Waals surface area contributed by atoms with E-state index >= 15 is 0 Å². The van der Waals surface area contributed by atoms with E-state index in [-0.39, 0.29) is 12.1 Å². The lowest BCUT2D eigenvalue weighted by Crippen LogP contribution is -1.79. The lowest BCUT2D eigenvalue weighted by Gasteiger charge is -1.93. The Kier molecular flexibility index (Phi) is 2.50. The predicted molar refractivity (Wildman–Crippen MR) is 41.2 cm³/mol. The van der Waals surface area contributed by atoms with Gasteiger partial charge in [0, 0.05) is 23.9 Å². The zero-order valence-electron chi connectivity index (χ0n) is 5.30. The fourth-order valence-corrected chi connectivity index (χ4v) is 0.892. The Labute approximate surface area is 62.8 Å². The van der Waals surface area contributed by atoms with Crippen LogP contribution in [0.3, 0.4) is 0 Å². The maximum absolute atomic E-state index is 11.7. The van der Waals surface area contributed by atoms with Crippen molar-refractivity contribution in [1.29, 1.82) is 0 Å². The minimum Gasteiger partial charge on any atom is -0.285 e. The van der Waals surface area contributed by atoms with Crippen LogP contribution in [0, 0.1) is 0 Å². The van der Waals surface area contributed by atoms with Gasteiger partial charge in [-0.3, -0.25) is 5.10 Å². The van der Waals surface area contributed by atoms with E-state index in [1.165, 1.54) is 0 Å². The monoisotopic (exact) mass is 158 g/mol. The molecule has 0 radical (unpaired) electrons. The number of nitrogens with zero attached hydrogens (tertiary/aromatic N) is 1. The van der Waals surface area contributed by atoms with E-state index in [2.05, 4.69) is 16.8 Å². The first-order valence-corrected chi connectivity index (χ1v) is 3.63. The number of halogens is 1. The summed E-state index contributed by atoms with van der Waals surface area (Å²) in [7, 11) is 0. The second-order valence-corrected chi connectivity index (χ2v) is 2.35. The van der Waals surface area contributed by atoms with Crippen molar-refractivity contribution in [2.75, 3.05) is 5.75 Å². The van der Waals surface area contributed by atoms with Crippen molar-refractivity contribution in [1.82, 2.24) is 10.2 Å². The van der Waals surface area contributed by atoms with Gasteiger partial charge in [-0.15, -0.1) is 0 Å². The topological polar surface area (TPSA) is 28.7 Å². The molecule has 10 heavy (non-hydrogen) atoms. The quantitative estimate of drug-likeness (QED) is 0.729. The first kappa shape index (κ1) is 7.34. The van der Waals surface area contributed by atoms with Gasteiger partial charge in [0.1, 0.15) is 0 Å². The molecule has 0 aliphatic carbocycles. The number of hydrogen-bond donors (Lipinski definition) is 1. The summed E-state index contributed by atoms with van der Waals surface area (Å²) < 4.78 is 11.7. The second-order valence-electron chi connectivity index (χ2n) is 1.84. The van der Waals surface area contributed by atoms with Crippen molar-refractivity contribution < 1.29 is 3.89 Å². The molecule has 2 nitrogen and oxygen atoms in total. The molecule has 0 saturated carbocycles. The molecule has 0 saturated heterocycles. The lowest BCUT2D eigenvalue weighted by molar-refractivity contribution is 0.940. The molecule has 1 aromatic heterocycles. The van der Waals surface area contributed by atoms with Gasteiger partial charge in [0.15, 0.2) is 0 Å². The Hall–Kier alpha value is -0.770. The molecule has 1 rings (SSSR count). The number of nitrogens with one attached hydrogen (secondary N) is 1. The summed E-state index contributed by atoms with van der Waals surface area (Å²) >= 11 is 0.267. The van der Waals surface area contributed by atoms with E-state index in [4.69, 9.17) is 0 Å². The SMILES string of the molecule is C=C(CSF)c1cn[nH]c1. The number of hydrogen-bond acceptors (Lipinski definition) is 2. The average molecular weight is 158 g/mol. The molecule has 1 N–H and O–H groups in total. The Balaban J connectivity index is 2.59. The van der Waals surface area contributed by atoms with E-state index in [1.807, 2.05) is 0 Å². The van der Waals surface area contributed by atoms with Crippen LogP contribution in [0.25, 0.3) is 5.57 Å². The van der Waals surface area contributed by atoms with Crippen molar-refractivity contribution in [3.63, 3.8) is 0 Å². The summed E-state index contributed by atoms with van der Waals surface area (Å²) in [4.78, 5) is 0. The van der Waals surface area contributed by atoms with Gasteiger partial charge in [0.2, 0.25) is 0 Å². The van der Waals surface area contributed by atoms with E-state index in [0.717, 1.165) is 11.1 Å². The highest BCUT2D eigenvalue weighted by atomic mass is 32.2. The van der Waals surface area contributed by atoms with Crippen LogP contribution in [0.4, 0.5) is 3.89 Å². The highest BCUT2D eigenvalue weighted by molar-refractivity contribution is 7.94. The molecule has 0 bridgehead atoms. The minimum absolute atomic E-state index is 0.267. The third kappa shape index (κ3) is 1.60. The van der Waals surface area contributed by atoms with Crippen molar-refractivity contribution >= 4 is 17.7 Å². The maximum atomic E-state index is 11.7. The van der Waals surface area contributed by atoms with Crippen LogP contribution in [0.2, 0.25) is 0 Å². The second kappa shape index (κ2) is 3.41. The van der Waals surface area contributed by atoms with Crippen LogP contribution < -0.4 is 0 Å². The summed E-state index contributed by atoms with van der Waals surface area (Å²) in [6.07, 6.45) is 3.32. The Morgan fingerprint density at radius 2 is 2.70 bits per heavy atom. The molecule has 0 amide bonds. The molecule has 0 spiro atoms. The molecule has 0 atom stereocenters. The Morgan fingerprint density at radius 1 is 1.90 bits per heavy atom. The van der Waals surface area contributed by atoms with Gasteiger partial charge < -0.3 is 0 Å². The summed E-state index contributed by atoms with van der Waals surface area (Å²) in [6.45, 7) is 3.67. The lowest BCUT2D eigenvalue weighted by atomic mass is 10.2. The molecule has 0 aliphatic heterocycles. The molecule has 1 heterocycles. The Bertz CT molecular complexity index is 208. The number of aromatic nitrogens is 2. The zero-order valence-corrected chi connectivity index (χ0v) is 6.12. The molecule has 1 aromatic rings. The van der Waals surface area contributed by atoms with Gasteiger partial charge in [-0.2, -0.15) is 8.98 Å². The van der Waals surface area contributed by atoms with E-state index < -0.39 is 0 Å². The van der Waals surface area contributed by atoms with Crippen LogP contribution >= 0.6 is 12.1 Å². The zero-order chi connectivity index (χ0) is 7.40. The van der Waals surface area contributed by atoms with Gasteiger partial charge in [-0.05, 0) is 5.57 Å². The van der Waals surface area contributed by atoms with Gasteiger partial charge in [-0.1, -0.05) is 6.58 Å². The van der Waals surface area contributed by atoms with Gasteiger partial charge in [0.05, 0.1) is 11.9 Å². The predicted octanol–water partition coefficient (Wildman–Crippen LogP) is 2.04. The van der Waals surface area contributed by atoms with Crippen LogP contribution in [0.15, 0.2) is 19.0 Å². The molecule has 4 heteroatoms. The number of H-pyrrole nitrogens is 1. The van der Waals surface area contributed by atoms with Gasteiger partial charge >= 0.3 is 0 Å². The summed E-state index contributed by atoms with van der Waals surface area (Å²) in [6, 6.07) is 0. The molecule has 0 aliphatic rings. The van der Waals surface area contributed by atoms with Crippen molar-refractivity contribution in [3.05, 3.63) is 24.5 Å². The molecular formula is C6H7FN2S. The molecule has 54 valence electrons. The van der Waals surface area contributed by atoms with Crippen LogP contribution in [-0.2, 0) is 0 Å². The summed E-state index contributed by atoms with van der Waals surface area (Å²) in [5.41, 5.74) is 1.62. The Morgan fingerprint density at radius 3 is 3.20 bits per heavy atom. The average Bonchev–Trinajstić information content (AvgIpc) is 2.38. The standard InChI is InChI=1S/C6H7FN2S/c1-5(4-10-7)6-2-8-9-3-6/h2-3H,1,4H2,(H,8,9). The molecular weight excluding hydrogens is 151 g/mol. The smallest absolute Gasteiger partial charge is 0.0562 e. The third-order valence-electron chi connectivity index (χ3n) is 1.14. The number of rotatable bonds is 3. The van der Waals surface area contributed by atoms with Crippen molar-refractivity contribution in [3.8, 4) is 0 Å². The van der Waals surface area contributed by atoms with Crippen LogP contribution in [0.1, 0.15) is 5.56 Å². The normalized spacial score (nSPS) is 9.70. The first-order valence-electron chi connectivity index (χ1n) is 2.75. The van der Waals surface area contributed by atoms with Gasteiger partial charge in [-0.25, -0.2) is 0 Å². The first-order chi connectivity index (χ1) is 4.84. The molecule has 0 unspecified atom stereocenters. The van der Waals surface area contributed by atoms with E-state index in [0.29, 0.717) is 5.75 Å². The highest BCUT2D eigenvalue weighted by Gasteiger charge is 1.98. The third-order valence-corrected chi connectivity index (χ3v) is 1.59. The largest absolute Gasteiger partial charge is 0.285 e. The van der Waals surface area contributed by atoms with Crippen molar-refractivity contribution in [2.45, 2.75) is 0 Å². The fourth-order valence-electron chi connectivity index (χ4n) is 0.593. The maximum Gasteiger partial charge on any atom is 0.0562 e. The summed E-state index contributed by atoms with van der Waals surface area (Å²) in [5.74, 6) is 0.305. The van der Waals surface area contributed by atoms with E-state index in [9.17, 15) is 3.89 Å². The molecule has 0 aromatic carbocycles. The van der Waals surface area contributed by atoms with Gasteiger partial charge in [0.25, 0.3) is 0 Å². The minimum atomic E-state index is 0.267. The van der Waals surface area contributed by atoms with Crippen LogP contribution in [0.5, 0.6) is 0 Å². The fraction of sp³-hybridized carbons (Fsp3) is 0.167. The highest BCUT2D eigenvalue weighted by Crippen LogP contribution is 2.16. The summed E-state index contributed by atoms with van der Waals surface area (Å²) in [5, 5.41) is 6.33. The van der Waals surface area contributed by atoms with Crippen molar-refractivity contribution in [2.24, 2.45) is 0 Å². The molecule has 0 fully saturated rings. The van der Waals surface area contributed by atoms with E-state index in [1.54, 1.807) is 12.4 Å². The van der Waals surface area contributed by atoms with Crippen LogP contribution in [-0.4, -0.2) is 16.0 Å².